The van der Waals surface area contributed by atoms with Crippen LogP contribution in [0.3, 0.4) is 0 Å². The third-order valence-corrected chi connectivity index (χ3v) is 2.60. The zero-order chi connectivity index (χ0) is 12.3. The number of halogens is 2. The standard InChI is InChI=1S/C12H15F2NO2/c1-2-15-11(12(13)14)8-3-4-9-10(7-8)17-6-5-16-9/h3-4,7,11-12,15H,2,5-6H2,1H3. The van der Waals surface area contributed by atoms with Crippen LogP contribution >= 0.6 is 0 Å². The summed E-state index contributed by atoms with van der Waals surface area (Å²) >= 11 is 0. The van der Waals surface area contributed by atoms with E-state index in [-0.39, 0.29) is 0 Å². The minimum absolute atomic E-state index is 0.455. The molecule has 0 amide bonds. The van der Waals surface area contributed by atoms with Crippen molar-refractivity contribution in [2.45, 2.75) is 19.4 Å². The van der Waals surface area contributed by atoms with Crippen LogP contribution in [-0.2, 0) is 0 Å². The number of fused-ring (bicyclic) bond motifs is 1. The molecule has 17 heavy (non-hydrogen) atoms. The zero-order valence-corrected chi connectivity index (χ0v) is 9.58. The highest BCUT2D eigenvalue weighted by atomic mass is 19.3. The topological polar surface area (TPSA) is 30.5 Å². The van der Waals surface area contributed by atoms with Crippen molar-refractivity contribution in [1.82, 2.24) is 5.32 Å². The van der Waals surface area contributed by atoms with E-state index in [1.807, 2.05) is 0 Å². The van der Waals surface area contributed by atoms with Gasteiger partial charge in [-0.15, -0.1) is 0 Å². The van der Waals surface area contributed by atoms with Crippen molar-refractivity contribution in [3.63, 3.8) is 0 Å². The van der Waals surface area contributed by atoms with Crippen LogP contribution in [0.4, 0.5) is 8.78 Å². The zero-order valence-electron chi connectivity index (χ0n) is 9.58. The van der Waals surface area contributed by atoms with Crippen LogP contribution in [0, 0.1) is 0 Å². The molecule has 1 aromatic carbocycles. The highest BCUT2D eigenvalue weighted by Crippen LogP contribution is 2.33. The summed E-state index contributed by atoms with van der Waals surface area (Å²) in [6, 6.07) is 3.98. The van der Waals surface area contributed by atoms with E-state index in [4.69, 9.17) is 9.47 Å². The lowest BCUT2D eigenvalue weighted by atomic mass is 10.1. The average molecular weight is 243 g/mol. The fraction of sp³-hybridized carbons (Fsp3) is 0.500. The van der Waals surface area contributed by atoms with Crippen LogP contribution < -0.4 is 14.8 Å². The number of hydrogen-bond donors (Lipinski definition) is 1. The fourth-order valence-corrected chi connectivity index (χ4v) is 1.83. The maximum absolute atomic E-state index is 12.9. The van der Waals surface area contributed by atoms with Gasteiger partial charge in [0.05, 0.1) is 6.04 Å². The molecule has 0 saturated heterocycles. The van der Waals surface area contributed by atoms with Crippen LogP contribution in [0.25, 0.3) is 0 Å². The maximum atomic E-state index is 12.9. The van der Waals surface area contributed by atoms with Gasteiger partial charge < -0.3 is 14.8 Å². The van der Waals surface area contributed by atoms with E-state index in [0.29, 0.717) is 36.8 Å². The van der Waals surface area contributed by atoms with Crippen LogP contribution in [0.5, 0.6) is 11.5 Å². The lowest BCUT2D eigenvalue weighted by Crippen LogP contribution is -2.27. The second kappa shape index (κ2) is 5.31. The molecule has 1 heterocycles. The van der Waals surface area contributed by atoms with Gasteiger partial charge >= 0.3 is 0 Å². The molecular formula is C12H15F2NO2. The molecule has 3 nitrogen and oxygen atoms in total. The summed E-state index contributed by atoms with van der Waals surface area (Å²) in [6.07, 6.45) is -2.45. The largest absolute Gasteiger partial charge is 0.486 e. The van der Waals surface area contributed by atoms with Gasteiger partial charge in [-0.2, -0.15) is 0 Å². The summed E-state index contributed by atoms with van der Waals surface area (Å²) < 4.78 is 36.5. The van der Waals surface area contributed by atoms with Crippen molar-refractivity contribution in [3.05, 3.63) is 23.8 Å². The SMILES string of the molecule is CCNC(c1ccc2c(c1)OCCO2)C(F)F. The number of nitrogens with one attached hydrogen (secondary N) is 1. The summed E-state index contributed by atoms with van der Waals surface area (Å²) in [5.74, 6) is 1.15. The molecule has 2 rings (SSSR count). The Hall–Kier alpha value is -1.36. The van der Waals surface area contributed by atoms with Gasteiger partial charge in [0.25, 0.3) is 6.43 Å². The van der Waals surface area contributed by atoms with Gasteiger partial charge in [0.1, 0.15) is 13.2 Å². The third kappa shape index (κ3) is 2.66. The van der Waals surface area contributed by atoms with Crippen molar-refractivity contribution in [2.75, 3.05) is 19.8 Å². The van der Waals surface area contributed by atoms with Gasteiger partial charge in [-0.1, -0.05) is 13.0 Å². The molecule has 1 N–H and O–H groups in total. The quantitative estimate of drug-likeness (QED) is 0.880. The molecule has 0 saturated carbocycles. The van der Waals surface area contributed by atoms with Crippen molar-refractivity contribution in [2.24, 2.45) is 0 Å². The second-order valence-electron chi connectivity index (χ2n) is 3.77. The Balaban J connectivity index is 2.25. The molecule has 5 heteroatoms. The van der Waals surface area contributed by atoms with E-state index in [9.17, 15) is 8.78 Å². The van der Waals surface area contributed by atoms with E-state index >= 15 is 0 Å². The van der Waals surface area contributed by atoms with Crippen LogP contribution in [0.15, 0.2) is 18.2 Å². The average Bonchev–Trinajstić information content (AvgIpc) is 2.35. The van der Waals surface area contributed by atoms with Gasteiger partial charge in [-0.05, 0) is 24.2 Å². The summed E-state index contributed by atoms with van der Waals surface area (Å²) in [4.78, 5) is 0. The highest BCUT2D eigenvalue weighted by Gasteiger charge is 2.23. The maximum Gasteiger partial charge on any atom is 0.257 e. The van der Waals surface area contributed by atoms with Gasteiger partial charge in [-0.3, -0.25) is 0 Å². The molecule has 0 aromatic heterocycles. The molecular weight excluding hydrogens is 228 g/mol. The fourth-order valence-electron chi connectivity index (χ4n) is 1.83. The van der Waals surface area contributed by atoms with E-state index < -0.39 is 12.5 Å². The molecule has 0 radical (unpaired) electrons. The summed E-state index contributed by atoms with van der Waals surface area (Å²) in [6.45, 7) is 3.24. The van der Waals surface area contributed by atoms with Crippen LogP contribution in [0.2, 0.25) is 0 Å². The van der Waals surface area contributed by atoms with E-state index in [0.717, 1.165) is 0 Å². The first-order valence-corrected chi connectivity index (χ1v) is 5.63. The minimum atomic E-state index is -2.45. The molecule has 1 aliphatic rings. The minimum Gasteiger partial charge on any atom is -0.486 e. The lowest BCUT2D eigenvalue weighted by molar-refractivity contribution is 0.0988. The van der Waals surface area contributed by atoms with Crippen molar-refractivity contribution >= 4 is 0 Å². The van der Waals surface area contributed by atoms with Gasteiger partial charge in [0.2, 0.25) is 0 Å². The normalized spacial score (nSPS) is 16.0. The first-order valence-electron chi connectivity index (χ1n) is 5.63. The molecule has 0 fully saturated rings. The number of benzene rings is 1. The Morgan fingerprint density at radius 1 is 1.24 bits per heavy atom. The first kappa shape index (κ1) is 12.1. The summed E-state index contributed by atoms with van der Waals surface area (Å²) in [5.41, 5.74) is 0.520. The predicted octanol–water partition coefficient (Wildman–Crippen LogP) is 2.37. The number of ether oxygens (including phenoxy) is 2. The molecule has 1 aliphatic heterocycles. The van der Waals surface area contributed by atoms with Crippen LogP contribution in [-0.4, -0.2) is 26.2 Å². The van der Waals surface area contributed by atoms with Crippen molar-refractivity contribution in [3.8, 4) is 11.5 Å². The van der Waals surface area contributed by atoms with Crippen molar-refractivity contribution in [1.29, 1.82) is 0 Å². The Labute approximate surface area is 98.7 Å². The van der Waals surface area contributed by atoms with E-state index in [2.05, 4.69) is 5.32 Å². The summed E-state index contributed by atoms with van der Waals surface area (Å²) in [5, 5.41) is 2.76. The predicted molar refractivity (Wildman–Crippen MR) is 59.9 cm³/mol. The number of alkyl halides is 2. The van der Waals surface area contributed by atoms with E-state index in [1.165, 1.54) is 0 Å². The van der Waals surface area contributed by atoms with Crippen molar-refractivity contribution < 1.29 is 18.3 Å². The third-order valence-electron chi connectivity index (χ3n) is 2.60. The lowest BCUT2D eigenvalue weighted by Gasteiger charge is -2.22. The van der Waals surface area contributed by atoms with E-state index in [1.54, 1.807) is 25.1 Å². The first-order chi connectivity index (χ1) is 8.22. The molecule has 1 atom stereocenters. The Bertz CT molecular complexity index is 385. The molecule has 0 aliphatic carbocycles. The molecule has 94 valence electrons. The Kier molecular flexibility index (Phi) is 3.78. The van der Waals surface area contributed by atoms with Gasteiger partial charge in [-0.25, -0.2) is 8.78 Å². The Morgan fingerprint density at radius 2 is 1.94 bits per heavy atom. The second-order valence-corrected chi connectivity index (χ2v) is 3.77. The molecule has 1 unspecified atom stereocenters. The summed E-state index contributed by atoms with van der Waals surface area (Å²) in [7, 11) is 0. The number of hydrogen-bond acceptors (Lipinski definition) is 3. The van der Waals surface area contributed by atoms with Gasteiger partial charge in [0, 0.05) is 0 Å². The Morgan fingerprint density at radius 3 is 2.59 bits per heavy atom. The smallest absolute Gasteiger partial charge is 0.257 e. The molecule has 0 spiro atoms. The number of rotatable bonds is 4. The monoisotopic (exact) mass is 243 g/mol. The molecule has 1 aromatic rings. The van der Waals surface area contributed by atoms with Crippen LogP contribution in [0.1, 0.15) is 18.5 Å². The van der Waals surface area contributed by atoms with Gasteiger partial charge in [0.15, 0.2) is 11.5 Å². The molecule has 0 bridgehead atoms. The highest BCUT2D eigenvalue weighted by molar-refractivity contribution is 5.44.